The summed E-state index contributed by atoms with van der Waals surface area (Å²) in [6, 6.07) is 6.19. The van der Waals surface area contributed by atoms with Crippen LogP contribution < -0.4 is 5.32 Å². The van der Waals surface area contributed by atoms with Gasteiger partial charge in [0.05, 0.1) is 17.1 Å². The zero-order valence-electron chi connectivity index (χ0n) is 16.1. The lowest BCUT2D eigenvalue weighted by Gasteiger charge is -2.09. The smallest absolute Gasteiger partial charge is 0.309 e. The van der Waals surface area contributed by atoms with Crippen LogP contribution in [0.3, 0.4) is 0 Å². The highest BCUT2D eigenvalue weighted by atomic mass is 35.5. The van der Waals surface area contributed by atoms with Crippen LogP contribution in [-0.2, 0) is 17.8 Å². The highest BCUT2D eigenvalue weighted by Gasteiger charge is 2.19. The van der Waals surface area contributed by atoms with Gasteiger partial charge in [-0.1, -0.05) is 54.5 Å². The van der Waals surface area contributed by atoms with Gasteiger partial charge in [0.15, 0.2) is 5.13 Å². The highest BCUT2D eigenvalue weighted by molar-refractivity contribution is 7.19. The summed E-state index contributed by atoms with van der Waals surface area (Å²) >= 11 is 12.9. The average Bonchev–Trinajstić information content (AvgIpc) is 3.21. The normalized spacial score (nSPS) is 11.1. The minimum Gasteiger partial charge on any atom is -0.481 e. The van der Waals surface area contributed by atoms with Crippen molar-refractivity contribution >= 4 is 51.5 Å². The van der Waals surface area contributed by atoms with Crippen LogP contribution in [-0.4, -0.2) is 26.5 Å². The lowest BCUT2D eigenvalue weighted by atomic mass is 10.1. The number of nitrogens with zero attached hydrogens (tertiary/aromatic N) is 2. The first-order chi connectivity index (χ1) is 14.1. The van der Waals surface area contributed by atoms with Gasteiger partial charge in [-0.25, -0.2) is 9.37 Å². The molecule has 0 aliphatic carbocycles. The molecule has 0 saturated carbocycles. The van der Waals surface area contributed by atoms with Crippen molar-refractivity contribution in [2.45, 2.75) is 32.7 Å². The molecule has 1 aromatic carbocycles. The molecule has 0 atom stereocenters. The van der Waals surface area contributed by atoms with Gasteiger partial charge >= 0.3 is 5.97 Å². The number of halogens is 3. The van der Waals surface area contributed by atoms with E-state index in [1.54, 1.807) is 16.7 Å². The molecule has 10 heteroatoms. The molecule has 0 aliphatic heterocycles. The van der Waals surface area contributed by atoms with Crippen molar-refractivity contribution in [1.29, 1.82) is 0 Å². The van der Waals surface area contributed by atoms with Gasteiger partial charge in [-0.3, -0.25) is 14.9 Å². The van der Waals surface area contributed by atoms with E-state index in [1.807, 2.05) is 20.0 Å². The summed E-state index contributed by atoms with van der Waals surface area (Å²) in [7, 11) is 0. The molecule has 6 nitrogen and oxygen atoms in total. The van der Waals surface area contributed by atoms with Gasteiger partial charge in [0.2, 0.25) is 0 Å². The van der Waals surface area contributed by atoms with Crippen LogP contribution >= 0.6 is 34.5 Å². The number of carbonyl (C=O) groups excluding carboxylic acids is 1. The maximum absolute atomic E-state index is 13.5. The maximum Gasteiger partial charge on any atom is 0.309 e. The van der Waals surface area contributed by atoms with E-state index in [2.05, 4.69) is 10.3 Å². The Morgan fingerprint density at radius 3 is 2.67 bits per heavy atom. The number of aliphatic carboxylic acids is 1. The molecule has 0 aliphatic rings. The van der Waals surface area contributed by atoms with Crippen LogP contribution in [0.5, 0.6) is 0 Å². The molecule has 30 heavy (non-hydrogen) atoms. The third kappa shape index (κ3) is 5.19. The first-order valence-electron chi connectivity index (χ1n) is 8.96. The van der Waals surface area contributed by atoms with Crippen molar-refractivity contribution in [3.63, 3.8) is 0 Å². The van der Waals surface area contributed by atoms with Crippen LogP contribution in [0, 0.1) is 5.82 Å². The van der Waals surface area contributed by atoms with Crippen molar-refractivity contribution in [2.24, 2.45) is 0 Å². The average molecular weight is 470 g/mol. The molecule has 0 spiro atoms. The number of carboxylic acids is 1. The van der Waals surface area contributed by atoms with E-state index in [0.717, 1.165) is 22.5 Å². The Kier molecular flexibility index (Phi) is 6.80. The Labute approximate surface area is 186 Å². The van der Waals surface area contributed by atoms with E-state index >= 15 is 0 Å². The Balaban J connectivity index is 1.87. The molecule has 3 rings (SSSR count). The maximum atomic E-state index is 13.5. The molecule has 0 bridgehead atoms. The zero-order chi connectivity index (χ0) is 22.0. The molecule has 3 aromatic rings. The number of carboxylic acid groups (broad SMARTS) is 1. The standard InChI is InChI=1S/C20H18Cl2FN3O3S/c1-10(2)12-6-16(26(9-12)8-11-3-4-14(23)13(21)5-11)19(29)25-20-24-15(7-17(27)28)18(22)30-20/h3-6,9-10H,7-8H2,1-2H3,(H,27,28)(H,24,25,29). The number of hydrogen-bond acceptors (Lipinski definition) is 4. The van der Waals surface area contributed by atoms with Crippen molar-refractivity contribution in [3.05, 3.63) is 68.2 Å². The fourth-order valence-electron chi connectivity index (χ4n) is 2.80. The molecule has 1 amide bonds. The van der Waals surface area contributed by atoms with Crippen molar-refractivity contribution in [2.75, 3.05) is 5.32 Å². The number of thiazole rings is 1. The number of amides is 1. The second kappa shape index (κ2) is 9.16. The van der Waals surface area contributed by atoms with Gasteiger partial charge in [-0.2, -0.15) is 0 Å². The van der Waals surface area contributed by atoms with Gasteiger partial charge in [0, 0.05) is 12.7 Å². The molecule has 0 saturated heterocycles. The highest BCUT2D eigenvalue weighted by Crippen LogP contribution is 2.29. The zero-order valence-corrected chi connectivity index (χ0v) is 18.4. The summed E-state index contributed by atoms with van der Waals surface area (Å²) in [6.07, 6.45) is 1.53. The number of hydrogen-bond donors (Lipinski definition) is 2. The van der Waals surface area contributed by atoms with Crippen LogP contribution in [0.4, 0.5) is 9.52 Å². The van der Waals surface area contributed by atoms with Gasteiger partial charge < -0.3 is 9.67 Å². The summed E-state index contributed by atoms with van der Waals surface area (Å²) in [5.41, 5.74) is 2.27. The van der Waals surface area contributed by atoms with E-state index in [0.29, 0.717) is 12.2 Å². The third-order valence-electron chi connectivity index (χ3n) is 4.34. The lowest BCUT2D eigenvalue weighted by Crippen LogP contribution is -2.17. The molecule has 0 unspecified atom stereocenters. The molecular weight excluding hydrogens is 452 g/mol. The summed E-state index contributed by atoms with van der Waals surface area (Å²) in [5.74, 6) is -1.80. The van der Waals surface area contributed by atoms with E-state index in [1.165, 1.54) is 12.1 Å². The Morgan fingerprint density at radius 1 is 1.30 bits per heavy atom. The van der Waals surface area contributed by atoms with Crippen molar-refractivity contribution in [1.82, 2.24) is 9.55 Å². The quantitative estimate of drug-likeness (QED) is 0.482. The molecule has 158 valence electrons. The van der Waals surface area contributed by atoms with Crippen LogP contribution in [0.25, 0.3) is 0 Å². The number of nitrogens with one attached hydrogen (secondary N) is 1. The predicted molar refractivity (Wildman–Crippen MR) is 115 cm³/mol. The third-order valence-corrected chi connectivity index (χ3v) is 5.88. The minimum absolute atomic E-state index is 0.0122. The molecule has 2 aromatic heterocycles. The SMILES string of the molecule is CC(C)c1cc(C(=O)Nc2nc(CC(=O)O)c(Cl)s2)n(Cc2ccc(F)c(Cl)c2)c1. The summed E-state index contributed by atoms with van der Waals surface area (Å²) in [5, 5.41) is 11.8. The lowest BCUT2D eigenvalue weighted by molar-refractivity contribution is -0.136. The van der Waals surface area contributed by atoms with Gasteiger partial charge in [-0.05, 0) is 35.2 Å². The summed E-state index contributed by atoms with van der Waals surface area (Å²) < 4.78 is 15.4. The number of benzene rings is 1. The van der Waals surface area contributed by atoms with Gasteiger partial charge in [0.1, 0.15) is 15.8 Å². The molecule has 2 N–H and O–H groups in total. The molecule has 0 fully saturated rings. The fraction of sp³-hybridized carbons (Fsp3) is 0.250. The number of rotatable bonds is 7. The van der Waals surface area contributed by atoms with E-state index in [9.17, 15) is 14.0 Å². The Hall–Kier alpha value is -2.42. The molecule has 2 heterocycles. The second-order valence-electron chi connectivity index (χ2n) is 6.95. The topological polar surface area (TPSA) is 84.2 Å². The molecular formula is C20H18Cl2FN3O3S. The largest absolute Gasteiger partial charge is 0.481 e. The number of anilines is 1. The second-order valence-corrected chi connectivity index (χ2v) is 8.96. The molecule has 0 radical (unpaired) electrons. The predicted octanol–water partition coefficient (Wildman–Crippen LogP) is 5.44. The summed E-state index contributed by atoms with van der Waals surface area (Å²) in [4.78, 5) is 27.9. The van der Waals surface area contributed by atoms with Crippen molar-refractivity contribution in [3.8, 4) is 0 Å². The summed E-state index contributed by atoms with van der Waals surface area (Å²) in [6.45, 7) is 4.34. The first kappa shape index (κ1) is 22.3. The van der Waals surface area contributed by atoms with Crippen molar-refractivity contribution < 1.29 is 19.1 Å². The number of carbonyl (C=O) groups is 2. The van der Waals surface area contributed by atoms with Gasteiger partial charge in [-0.15, -0.1) is 0 Å². The van der Waals surface area contributed by atoms with Crippen LogP contribution in [0.15, 0.2) is 30.5 Å². The Morgan fingerprint density at radius 2 is 2.03 bits per heavy atom. The number of aromatic nitrogens is 2. The monoisotopic (exact) mass is 469 g/mol. The van der Waals surface area contributed by atoms with Crippen LogP contribution in [0.2, 0.25) is 9.36 Å². The van der Waals surface area contributed by atoms with E-state index in [4.69, 9.17) is 28.3 Å². The fourth-order valence-corrected chi connectivity index (χ4v) is 4.04. The minimum atomic E-state index is -1.06. The van der Waals surface area contributed by atoms with E-state index in [-0.39, 0.29) is 32.5 Å². The first-order valence-corrected chi connectivity index (χ1v) is 10.5. The van der Waals surface area contributed by atoms with Gasteiger partial charge in [0.25, 0.3) is 5.91 Å². The van der Waals surface area contributed by atoms with Crippen LogP contribution in [0.1, 0.15) is 47.1 Å². The Bertz CT molecular complexity index is 1110. The van der Waals surface area contributed by atoms with E-state index < -0.39 is 17.7 Å².